The van der Waals surface area contributed by atoms with Crippen LogP contribution in [0.3, 0.4) is 0 Å². The molecule has 1 aromatic heterocycles. The Balaban J connectivity index is 1.71. The first-order chi connectivity index (χ1) is 39.7. The van der Waals surface area contributed by atoms with Gasteiger partial charge in [0.2, 0.25) is 23.6 Å². The second-order valence-corrected chi connectivity index (χ2v) is 24.5. The summed E-state index contributed by atoms with van der Waals surface area (Å²) in [4.78, 5) is 119. The van der Waals surface area contributed by atoms with E-state index < -0.39 is 41.8 Å². The van der Waals surface area contributed by atoms with E-state index in [1.54, 1.807) is 12.3 Å². The maximum atomic E-state index is 14.9. The van der Waals surface area contributed by atoms with Crippen LogP contribution < -0.4 is 21.3 Å². The molecule has 0 spiro atoms. The number of carbonyl (C=O) groups excluding carboxylic acids is 7. The number of aryl methyl sites for hydroxylation is 1. The summed E-state index contributed by atoms with van der Waals surface area (Å²) in [6, 6.07) is 4.49. The molecule has 1 saturated heterocycles. The fraction of sp³-hybridized carbons (Fsp3) is 0.721. The van der Waals surface area contributed by atoms with Gasteiger partial charge in [-0.15, -0.1) is 11.3 Å². The minimum Gasteiger partial charge on any atom is -0.481 e. The molecule has 1 aliphatic rings. The van der Waals surface area contributed by atoms with E-state index >= 15 is 0 Å². The predicted molar refractivity (Wildman–Crippen MR) is 325 cm³/mol. The van der Waals surface area contributed by atoms with Crippen molar-refractivity contribution in [3.63, 3.8) is 0 Å². The highest BCUT2D eigenvalue weighted by molar-refractivity contribution is 7.99. The summed E-state index contributed by atoms with van der Waals surface area (Å²) in [6.45, 7) is 18.1. The molecule has 0 saturated carbocycles. The lowest BCUT2D eigenvalue weighted by Crippen LogP contribution is -2.50. The number of unbranched alkanes of at least 4 members (excludes halogenated alkanes) is 1. The van der Waals surface area contributed by atoms with E-state index in [1.807, 2.05) is 50.2 Å². The highest BCUT2D eigenvalue weighted by Crippen LogP contribution is 2.34. The Morgan fingerprint density at radius 3 is 2.33 bits per heavy atom. The number of likely N-dealkylation sites (tertiary alicyclic amines) is 1. The van der Waals surface area contributed by atoms with Crippen molar-refractivity contribution < 1.29 is 63.1 Å². The molecule has 2 heterocycles. The van der Waals surface area contributed by atoms with Gasteiger partial charge in [0.25, 0.3) is 5.91 Å². The zero-order chi connectivity index (χ0) is 61.4. The van der Waals surface area contributed by atoms with Gasteiger partial charge in [0.05, 0.1) is 24.3 Å². The Morgan fingerprint density at radius 2 is 1.66 bits per heavy atom. The lowest BCUT2D eigenvalue weighted by molar-refractivity contribution is -0.248. The Hall–Kier alpha value is -4.84. The minimum atomic E-state index is -1.01. The first-order valence-corrected chi connectivity index (χ1v) is 32.4. The van der Waals surface area contributed by atoms with Crippen LogP contribution in [-0.4, -0.2) is 162 Å². The third kappa shape index (κ3) is 26.1. The third-order valence-corrected chi connectivity index (χ3v) is 17.0. The van der Waals surface area contributed by atoms with Gasteiger partial charge in [-0.05, 0) is 114 Å². The number of carboxylic acids is 1. The predicted octanol–water partition coefficient (Wildman–Crippen LogP) is 8.70. The number of nitrogens with one attached hydrogen (secondary N) is 4. The smallest absolute Gasteiger partial charge is 0.306 e. The summed E-state index contributed by atoms with van der Waals surface area (Å²) in [6.07, 6.45) is 9.54. The first-order valence-electron chi connectivity index (χ1n) is 30.1. The summed E-state index contributed by atoms with van der Waals surface area (Å²) in [7, 11) is 2.00. The number of Topliss-reactive ketones (excluding diaryl/α,β-unsaturated/α-hetero) is 2. The number of carboxylic acid groups (broad SMARTS) is 1. The summed E-state index contributed by atoms with van der Waals surface area (Å²) in [5.74, 6) is -3.75. The van der Waals surface area contributed by atoms with Crippen LogP contribution in [0.1, 0.15) is 178 Å². The van der Waals surface area contributed by atoms with Crippen LogP contribution in [0.2, 0.25) is 0 Å². The largest absolute Gasteiger partial charge is 0.481 e. The van der Waals surface area contributed by atoms with E-state index in [0.29, 0.717) is 62.5 Å². The zero-order valence-corrected chi connectivity index (χ0v) is 52.9. The average Bonchev–Trinajstić information content (AvgIpc) is 4.23. The molecule has 8 atom stereocenters. The van der Waals surface area contributed by atoms with Gasteiger partial charge in [-0.25, -0.2) is 9.87 Å². The summed E-state index contributed by atoms with van der Waals surface area (Å²) < 4.78 is 11.6. The molecular weight excluding hydrogens is 1100 g/mol. The van der Waals surface area contributed by atoms with Crippen molar-refractivity contribution in [3.8, 4) is 0 Å². The lowest BCUT2D eigenvalue weighted by atomic mass is 9.82. The van der Waals surface area contributed by atoms with Crippen molar-refractivity contribution in [1.29, 1.82) is 0 Å². The van der Waals surface area contributed by atoms with Crippen LogP contribution in [0.25, 0.3) is 0 Å². The number of carbonyl (C=O) groups is 8. The number of aliphatic carboxylic acids is 1. The van der Waals surface area contributed by atoms with E-state index in [0.717, 1.165) is 56.2 Å². The number of piperidine rings is 1. The molecular formula is C61H99N7O13S2. The molecule has 0 aliphatic carbocycles. The molecule has 20 nitrogen and oxygen atoms in total. The van der Waals surface area contributed by atoms with Gasteiger partial charge in [0, 0.05) is 86.9 Å². The van der Waals surface area contributed by atoms with Crippen LogP contribution in [0, 0.1) is 36.5 Å². The Labute approximate surface area is 501 Å². The lowest BCUT2D eigenvalue weighted by Gasteiger charge is -2.40. The fourth-order valence-corrected chi connectivity index (χ4v) is 11.8. The van der Waals surface area contributed by atoms with Crippen LogP contribution in [0.5, 0.6) is 0 Å². The van der Waals surface area contributed by atoms with Crippen LogP contribution >= 0.6 is 23.1 Å². The van der Waals surface area contributed by atoms with Gasteiger partial charge in [-0.3, -0.25) is 48.5 Å². The van der Waals surface area contributed by atoms with E-state index in [9.17, 15) is 43.5 Å². The fourth-order valence-electron chi connectivity index (χ4n) is 10.5. The first kappa shape index (κ1) is 72.4. The molecule has 6 N–H and O–H groups in total. The van der Waals surface area contributed by atoms with Gasteiger partial charge in [0.1, 0.15) is 35.8 Å². The number of ketones is 2. The molecule has 0 radical (unpaired) electrons. The molecule has 468 valence electrons. The molecule has 1 aromatic carbocycles. The molecule has 1 fully saturated rings. The summed E-state index contributed by atoms with van der Waals surface area (Å²) >= 11 is 2.69. The number of rotatable bonds is 43. The van der Waals surface area contributed by atoms with Gasteiger partial charge in [-0.1, -0.05) is 79.9 Å². The highest BCUT2D eigenvalue weighted by atomic mass is 32.2. The number of benzene rings is 1. The Kier molecular flexibility index (Phi) is 34.6. The van der Waals surface area contributed by atoms with E-state index in [2.05, 4.69) is 65.7 Å². The number of hydrogen-bond acceptors (Lipinski definition) is 16. The van der Waals surface area contributed by atoms with Gasteiger partial charge < -0.3 is 40.7 Å². The number of anilines is 1. The van der Waals surface area contributed by atoms with Gasteiger partial charge in [-0.2, -0.15) is 11.8 Å². The van der Waals surface area contributed by atoms with Crippen molar-refractivity contribution in [1.82, 2.24) is 30.7 Å². The zero-order valence-electron chi connectivity index (χ0n) is 51.2. The number of ether oxygens (including phenoxy) is 2. The molecule has 4 unspecified atom stereocenters. The average molecular weight is 1200 g/mol. The molecule has 1 aliphatic heterocycles. The highest BCUT2D eigenvalue weighted by Gasteiger charge is 2.39. The van der Waals surface area contributed by atoms with Crippen molar-refractivity contribution in [2.75, 3.05) is 77.0 Å². The maximum Gasteiger partial charge on any atom is 0.306 e. The van der Waals surface area contributed by atoms with Gasteiger partial charge >= 0.3 is 5.97 Å². The van der Waals surface area contributed by atoms with Crippen molar-refractivity contribution in [3.05, 3.63) is 45.4 Å². The molecule has 22 heteroatoms. The van der Waals surface area contributed by atoms with E-state index in [4.69, 9.17) is 19.7 Å². The molecule has 0 bridgehead atoms. The second-order valence-electron chi connectivity index (χ2n) is 22.7. The quantitative estimate of drug-likeness (QED) is 0.0206. The maximum absolute atomic E-state index is 14.9. The second kappa shape index (κ2) is 39.7. The molecule has 2 aromatic rings. The van der Waals surface area contributed by atoms with Crippen molar-refractivity contribution in [2.24, 2.45) is 29.6 Å². The Bertz CT molecular complexity index is 2340. The monoisotopic (exact) mass is 1200 g/mol. The van der Waals surface area contributed by atoms with E-state index in [1.165, 1.54) is 23.1 Å². The number of likely N-dealkylation sites (N-methyl/N-ethyl adjacent to an activating group) is 1. The SMILES string of the molecule is CCCO[C@H](C[C@H](C(C)C)N(CCC)C(=O)[C@@H](CC(=O)C1CCCCN1C)C(C)CC)c1nc(C(=O)N[C@@H](Cc2ccc(C)c(NC(=O)CCCNC(=O)C(CCCCNC(=O)COCCOO)CC(=O)CSC)c2)CC(C)C(=O)O)cs1. The number of thiazole rings is 1. The van der Waals surface area contributed by atoms with E-state index in [-0.39, 0.29) is 129 Å². The van der Waals surface area contributed by atoms with Crippen LogP contribution in [0.4, 0.5) is 5.69 Å². The topological polar surface area (TPSA) is 272 Å². The molecule has 83 heavy (non-hydrogen) atoms. The van der Waals surface area contributed by atoms with Crippen LogP contribution in [-0.2, 0) is 54.3 Å². The summed E-state index contributed by atoms with van der Waals surface area (Å²) in [5.41, 5.74) is 2.26. The number of hydrogen-bond donors (Lipinski definition) is 6. The molecule has 5 amide bonds. The minimum absolute atomic E-state index is 0.00276. The Morgan fingerprint density at radius 1 is 0.916 bits per heavy atom. The van der Waals surface area contributed by atoms with Crippen LogP contribution in [0.15, 0.2) is 23.6 Å². The van der Waals surface area contributed by atoms with Crippen molar-refractivity contribution >= 4 is 75.9 Å². The number of amides is 5. The standard InChI is InChI=1S/C61H99N7O13S2/c1-11-26-68(60(75)48(41(6)13-3)35-53(70)51-20-15-17-27-67(51)9)52(40(4)5)36-54(80-28-12-2)59-66-50(39-83-59)58(74)64-46(31-43(8)61(76)77)32-44-23-22-42(7)49(33-44)65-55(71)21-18-25-63-57(73)45(34-47(69)38-82-10)19-14-16-24-62-56(72)37-79-29-30-81-78/h22-23,33,39-41,43,45-46,48,51-52,54,78H,11-21,24-32,34-38H2,1-10H3,(H,62,72)(H,63,73)(H,64,74)(H,65,71)(H,76,77)/t41?,43?,45?,46-,48+,51?,52-,54-/m1/s1. The number of nitrogens with zero attached hydrogens (tertiary/aromatic N) is 3. The normalized spacial score (nSPS) is 16.2. The molecule has 3 rings (SSSR count). The van der Waals surface area contributed by atoms with Crippen molar-refractivity contribution in [2.45, 2.75) is 182 Å². The van der Waals surface area contributed by atoms with Gasteiger partial charge in [0.15, 0.2) is 5.78 Å². The third-order valence-electron chi connectivity index (χ3n) is 15.5. The number of thioether (sulfide) groups is 1. The number of aromatic nitrogens is 1. The summed E-state index contributed by atoms with van der Waals surface area (Å²) in [5, 5.41) is 32.3.